The largest absolute Gasteiger partial charge is 0.455 e. The first-order chi connectivity index (χ1) is 13.0. The SMILES string of the molecule is Cc1cc(F)c2c(oc3cc(F)ccc32)c1-c1c2ccccc2nc[n+]1C. The second-order valence-electron chi connectivity index (χ2n) is 6.72. The Morgan fingerprint density at radius 3 is 2.67 bits per heavy atom. The van der Waals surface area contributed by atoms with Gasteiger partial charge in [0.2, 0.25) is 0 Å². The van der Waals surface area contributed by atoms with Gasteiger partial charge >= 0.3 is 0 Å². The Kier molecular flexibility index (Phi) is 3.28. The van der Waals surface area contributed by atoms with E-state index in [0.717, 1.165) is 27.7 Å². The van der Waals surface area contributed by atoms with Crippen LogP contribution in [0, 0.1) is 18.6 Å². The van der Waals surface area contributed by atoms with Crippen LogP contribution in [0.15, 0.2) is 59.3 Å². The minimum absolute atomic E-state index is 0.330. The maximum Gasteiger partial charge on any atom is 0.287 e. The van der Waals surface area contributed by atoms with E-state index in [4.69, 9.17) is 4.42 Å². The number of aryl methyl sites for hydroxylation is 2. The Labute approximate surface area is 153 Å². The van der Waals surface area contributed by atoms with Crippen LogP contribution in [-0.4, -0.2) is 4.98 Å². The number of furan rings is 1. The van der Waals surface area contributed by atoms with Crippen molar-refractivity contribution in [2.75, 3.05) is 0 Å². The van der Waals surface area contributed by atoms with E-state index in [-0.39, 0.29) is 5.82 Å². The highest BCUT2D eigenvalue weighted by molar-refractivity contribution is 6.11. The Morgan fingerprint density at radius 1 is 1.00 bits per heavy atom. The molecule has 2 aromatic heterocycles. The topological polar surface area (TPSA) is 29.9 Å². The Morgan fingerprint density at radius 2 is 1.81 bits per heavy atom. The Hall–Kier alpha value is -3.34. The van der Waals surface area contributed by atoms with Gasteiger partial charge in [-0.2, -0.15) is 0 Å². The highest BCUT2D eigenvalue weighted by Crippen LogP contribution is 2.40. The molecule has 0 fully saturated rings. The van der Waals surface area contributed by atoms with Crippen LogP contribution in [0.3, 0.4) is 0 Å². The van der Waals surface area contributed by atoms with Crippen LogP contribution in [0.25, 0.3) is 44.1 Å². The van der Waals surface area contributed by atoms with E-state index in [1.54, 1.807) is 12.4 Å². The van der Waals surface area contributed by atoms with Crippen LogP contribution in [0.2, 0.25) is 0 Å². The standard InChI is InChI=1S/C22H15F2N2O/c1-12-9-16(24)20-15-8-7-13(23)10-18(15)27-22(20)19(12)21-14-5-3-4-6-17(14)25-11-26(21)2/h3-11H,1-2H3/q+1. The molecule has 0 spiro atoms. The van der Waals surface area contributed by atoms with Crippen molar-refractivity contribution in [3.63, 3.8) is 0 Å². The van der Waals surface area contributed by atoms with Crippen molar-refractivity contribution in [1.82, 2.24) is 4.98 Å². The second-order valence-corrected chi connectivity index (χ2v) is 6.72. The zero-order valence-electron chi connectivity index (χ0n) is 14.8. The van der Waals surface area contributed by atoms with Crippen LogP contribution in [0.4, 0.5) is 8.78 Å². The minimum Gasteiger partial charge on any atom is -0.455 e. The Bertz CT molecular complexity index is 1370. The first kappa shape index (κ1) is 15.9. The third-order valence-corrected chi connectivity index (χ3v) is 4.97. The summed E-state index contributed by atoms with van der Waals surface area (Å²) in [5.41, 5.74) is 3.99. The summed E-state index contributed by atoms with van der Waals surface area (Å²) in [6.45, 7) is 1.85. The number of para-hydroxylation sites is 1. The van der Waals surface area contributed by atoms with E-state index in [1.165, 1.54) is 18.2 Å². The predicted molar refractivity (Wildman–Crippen MR) is 100 cm³/mol. The van der Waals surface area contributed by atoms with Crippen molar-refractivity contribution in [2.24, 2.45) is 7.05 Å². The quantitative estimate of drug-likeness (QED) is 0.384. The molecule has 0 N–H and O–H groups in total. The molecule has 132 valence electrons. The monoisotopic (exact) mass is 361 g/mol. The van der Waals surface area contributed by atoms with Crippen molar-refractivity contribution < 1.29 is 17.8 Å². The van der Waals surface area contributed by atoms with Gasteiger partial charge in [0.1, 0.15) is 28.5 Å². The van der Waals surface area contributed by atoms with Crippen LogP contribution < -0.4 is 4.57 Å². The van der Waals surface area contributed by atoms with Gasteiger partial charge in [0.15, 0.2) is 5.52 Å². The van der Waals surface area contributed by atoms with Crippen LogP contribution >= 0.6 is 0 Å². The van der Waals surface area contributed by atoms with Crippen LogP contribution in [0.1, 0.15) is 5.56 Å². The van der Waals surface area contributed by atoms with Crippen LogP contribution in [-0.2, 0) is 7.05 Å². The van der Waals surface area contributed by atoms with E-state index in [2.05, 4.69) is 4.98 Å². The van der Waals surface area contributed by atoms with Gasteiger partial charge in [-0.05, 0) is 47.8 Å². The zero-order chi connectivity index (χ0) is 18.7. The van der Waals surface area contributed by atoms with Gasteiger partial charge in [0, 0.05) is 11.5 Å². The van der Waals surface area contributed by atoms with Gasteiger partial charge in [0.25, 0.3) is 6.33 Å². The summed E-state index contributed by atoms with van der Waals surface area (Å²) in [4.78, 5) is 4.46. The molecule has 3 aromatic carbocycles. The highest BCUT2D eigenvalue weighted by Gasteiger charge is 2.24. The fourth-order valence-corrected chi connectivity index (χ4v) is 3.79. The fraction of sp³-hybridized carbons (Fsp3) is 0.0909. The number of aromatic nitrogens is 2. The molecule has 0 unspecified atom stereocenters. The third kappa shape index (κ3) is 2.24. The summed E-state index contributed by atoms with van der Waals surface area (Å²) in [5.74, 6) is -0.794. The number of halogens is 2. The summed E-state index contributed by atoms with van der Waals surface area (Å²) >= 11 is 0. The third-order valence-electron chi connectivity index (χ3n) is 4.97. The van der Waals surface area contributed by atoms with Crippen molar-refractivity contribution in [2.45, 2.75) is 6.92 Å². The fourth-order valence-electron chi connectivity index (χ4n) is 3.79. The molecule has 0 saturated carbocycles. The molecule has 0 atom stereocenters. The van der Waals surface area contributed by atoms with Gasteiger partial charge in [-0.1, -0.05) is 12.1 Å². The molecule has 0 aliphatic carbocycles. The molecule has 5 heteroatoms. The van der Waals surface area contributed by atoms with Crippen molar-refractivity contribution in [3.05, 3.63) is 72.1 Å². The molecule has 0 amide bonds. The van der Waals surface area contributed by atoms with E-state index < -0.39 is 5.82 Å². The Balaban J connectivity index is 2.01. The maximum atomic E-state index is 14.8. The van der Waals surface area contributed by atoms with Gasteiger partial charge in [-0.3, -0.25) is 0 Å². The molecule has 5 aromatic rings. The zero-order valence-corrected chi connectivity index (χ0v) is 14.8. The van der Waals surface area contributed by atoms with Gasteiger partial charge < -0.3 is 4.42 Å². The van der Waals surface area contributed by atoms with Gasteiger partial charge in [0.05, 0.1) is 23.4 Å². The molecule has 0 bridgehead atoms. The molecular formula is C22H15F2N2O+. The lowest BCUT2D eigenvalue weighted by Crippen LogP contribution is -2.31. The number of rotatable bonds is 1. The lowest BCUT2D eigenvalue weighted by atomic mass is 9.98. The van der Waals surface area contributed by atoms with Crippen molar-refractivity contribution in [3.8, 4) is 11.3 Å². The summed E-state index contributed by atoms with van der Waals surface area (Å²) < 4.78 is 36.4. The lowest BCUT2D eigenvalue weighted by molar-refractivity contribution is -0.662. The highest BCUT2D eigenvalue weighted by atomic mass is 19.1. The first-order valence-electron chi connectivity index (χ1n) is 8.59. The van der Waals surface area contributed by atoms with E-state index in [9.17, 15) is 8.78 Å². The van der Waals surface area contributed by atoms with E-state index in [0.29, 0.717) is 21.9 Å². The average Bonchev–Trinajstić information content (AvgIpc) is 3.02. The van der Waals surface area contributed by atoms with Gasteiger partial charge in [-0.15, -0.1) is 0 Å². The number of hydrogen-bond acceptors (Lipinski definition) is 2. The summed E-state index contributed by atoms with van der Waals surface area (Å²) in [6, 6.07) is 13.5. The summed E-state index contributed by atoms with van der Waals surface area (Å²) in [5, 5.41) is 1.86. The van der Waals surface area contributed by atoms with E-state index >= 15 is 0 Å². The van der Waals surface area contributed by atoms with Crippen LogP contribution in [0.5, 0.6) is 0 Å². The smallest absolute Gasteiger partial charge is 0.287 e. The molecular weight excluding hydrogens is 346 g/mol. The molecule has 3 nitrogen and oxygen atoms in total. The molecule has 0 aliphatic rings. The number of benzene rings is 3. The second kappa shape index (κ2) is 5.58. The maximum absolute atomic E-state index is 14.8. The first-order valence-corrected chi connectivity index (χ1v) is 8.59. The average molecular weight is 361 g/mol. The minimum atomic E-state index is -0.417. The van der Waals surface area contributed by atoms with Crippen molar-refractivity contribution >= 4 is 32.8 Å². The molecule has 5 rings (SSSR count). The summed E-state index contributed by atoms with van der Waals surface area (Å²) in [6.07, 6.45) is 1.73. The van der Waals surface area contributed by atoms with E-state index in [1.807, 2.05) is 42.8 Å². The molecule has 27 heavy (non-hydrogen) atoms. The summed E-state index contributed by atoms with van der Waals surface area (Å²) in [7, 11) is 1.89. The number of fused-ring (bicyclic) bond motifs is 4. The number of hydrogen-bond donors (Lipinski definition) is 0. The van der Waals surface area contributed by atoms with Gasteiger partial charge in [-0.25, -0.2) is 13.3 Å². The predicted octanol–water partition coefficient (Wildman–Crippen LogP) is 5.21. The van der Waals surface area contributed by atoms with Crippen molar-refractivity contribution in [1.29, 1.82) is 0 Å². The molecule has 0 aliphatic heterocycles. The molecule has 2 heterocycles. The molecule has 0 radical (unpaired) electrons. The molecule has 0 saturated heterocycles. The lowest BCUT2D eigenvalue weighted by Gasteiger charge is -2.10. The normalized spacial score (nSPS) is 11.7. The number of nitrogens with zero attached hydrogens (tertiary/aromatic N) is 2.